The molecule has 1 heterocycles. The Bertz CT molecular complexity index is 448. The van der Waals surface area contributed by atoms with Crippen LogP contribution < -0.4 is 10.6 Å². The second-order valence-corrected chi connectivity index (χ2v) is 6.09. The molecule has 0 aliphatic carbocycles. The molecule has 2 amide bonds. The molecule has 2 N–H and O–H groups in total. The maximum atomic E-state index is 11.8. The summed E-state index contributed by atoms with van der Waals surface area (Å²) in [6, 6.07) is -0.582. The molecule has 1 aromatic heterocycles. The summed E-state index contributed by atoms with van der Waals surface area (Å²) in [5.74, 6) is -0.414. The number of carbonyl (C=O) groups is 2. The molecular weight excluding hydrogens is 250 g/mol. The molecule has 0 saturated carbocycles. The molecule has 0 radical (unpaired) electrons. The molecule has 1 atom stereocenters. The van der Waals surface area contributed by atoms with E-state index in [1.165, 1.54) is 11.3 Å². The molecule has 6 heteroatoms. The summed E-state index contributed by atoms with van der Waals surface area (Å²) in [7, 11) is 0. The lowest BCUT2D eigenvalue weighted by molar-refractivity contribution is -0.131. The van der Waals surface area contributed by atoms with Gasteiger partial charge in [-0.2, -0.15) is 0 Å². The van der Waals surface area contributed by atoms with E-state index in [-0.39, 0.29) is 11.8 Å². The van der Waals surface area contributed by atoms with E-state index in [4.69, 9.17) is 0 Å². The van der Waals surface area contributed by atoms with Crippen LogP contribution in [0.25, 0.3) is 0 Å². The number of hydrogen-bond donors (Lipinski definition) is 2. The summed E-state index contributed by atoms with van der Waals surface area (Å²) in [4.78, 5) is 27.7. The number of nitrogens with one attached hydrogen (secondary N) is 2. The van der Waals surface area contributed by atoms with Crippen molar-refractivity contribution in [2.75, 3.05) is 5.32 Å². The van der Waals surface area contributed by atoms with Crippen molar-refractivity contribution in [2.24, 2.45) is 5.41 Å². The summed E-state index contributed by atoms with van der Waals surface area (Å²) in [6.45, 7) is 8.92. The van der Waals surface area contributed by atoms with Crippen LogP contribution in [0.5, 0.6) is 0 Å². The zero-order valence-corrected chi connectivity index (χ0v) is 12.1. The largest absolute Gasteiger partial charge is 0.344 e. The summed E-state index contributed by atoms with van der Waals surface area (Å²) < 4.78 is 0. The maximum Gasteiger partial charge on any atom is 0.248 e. The predicted molar refractivity (Wildman–Crippen MR) is 72.5 cm³/mol. The Balaban J connectivity index is 2.54. The second-order valence-electron chi connectivity index (χ2n) is 5.23. The van der Waals surface area contributed by atoms with Gasteiger partial charge in [-0.3, -0.25) is 9.59 Å². The first kappa shape index (κ1) is 14.6. The minimum atomic E-state index is -0.582. The zero-order chi connectivity index (χ0) is 13.9. The summed E-state index contributed by atoms with van der Waals surface area (Å²) in [5, 5.41) is 7.75. The molecule has 0 saturated heterocycles. The van der Waals surface area contributed by atoms with Gasteiger partial charge in [0.1, 0.15) is 6.04 Å². The van der Waals surface area contributed by atoms with Gasteiger partial charge >= 0.3 is 0 Å². The van der Waals surface area contributed by atoms with E-state index in [1.807, 2.05) is 12.3 Å². The highest BCUT2D eigenvalue weighted by Gasteiger charge is 2.25. The fourth-order valence-corrected chi connectivity index (χ4v) is 1.79. The van der Waals surface area contributed by atoms with Gasteiger partial charge < -0.3 is 10.6 Å². The van der Waals surface area contributed by atoms with Gasteiger partial charge in [0, 0.05) is 10.8 Å². The quantitative estimate of drug-likeness (QED) is 0.881. The van der Waals surface area contributed by atoms with Crippen molar-refractivity contribution < 1.29 is 9.59 Å². The molecule has 0 aromatic carbocycles. The highest BCUT2D eigenvalue weighted by molar-refractivity contribution is 7.13. The Morgan fingerprint density at radius 2 is 2.00 bits per heavy atom. The van der Waals surface area contributed by atoms with Crippen LogP contribution in [0.15, 0.2) is 5.38 Å². The average Bonchev–Trinajstić information content (AvgIpc) is 2.62. The zero-order valence-electron chi connectivity index (χ0n) is 11.3. The van der Waals surface area contributed by atoms with Gasteiger partial charge in [-0.1, -0.05) is 20.8 Å². The fourth-order valence-electron chi connectivity index (χ4n) is 1.10. The van der Waals surface area contributed by atoms with Gasteiger partial charge in [-0.05, 0) is 13.8 Å². The molecule has 1 aromatic rings. The molecule has 5 nitrogen and oxygen atoms in total. The van der Waals surface area contributed by atoms with E-state index in [0.29, 0.717) is 5.13 Å². The normalized spacial score (nSPS) is 12.9. The van der Waals surface area contributed by atoms with Crippen molar-refractivity contribution in [3.05, 3.63) is 11.1 Å². The second kappa shape index (κ2) is 5.48. The Hall–Kier alpha value is -1.43. The standard InChI is InChI=1S/C12H19N3O2S/c1-7-6-18-11(13-7)15-9(16)8(2)14-10(17)12(3,4)5/h6,8H,1-5H3,(H,14,17)(H,13,15,16). The number of nitrogens with zero attached hydrogens (tertiary/aromatic N) is 1. The Morgan fingerprint density at radius 3 is 2.44 bits per heavy atom. The molecule has 0 aliphatic rings. The van der Waals surface area contributed by atoms with Crippen molar-refractivity contribution >= 4 is 28.3 Å². The van der Waals surface area contributed by atoms with Crippen molar-refractivity contribution in [3.8, 4) is 0 Å². The summed E-state index contributed by atoms with van der Waals surface area (Å²) >= 11 is 1.36. The smallest absolute Gasteiger partial charge is 0.248 e. The Morgan fingerprint density at radius 1 is 1.39 bits per heavy atom. The van der Waals surface area contributed by atoms with Gasteiger partial charge in [-0.15, -0.1) is 11.3 Å². The van der Waals surface area contributed by atoms with E-state index < -0.39 is 11.5 Å². The summed E-state index contributed by atoms with van der Waals surface area (Å²) in [5.41, 5.74) is 0.355. The highest BCUT2D eigenvalue weighted by Crippen LogP contribution is 2.15. The predicted octanol–water partition coefficient (Wildman–Crippen LogP) is 1.94. The number of thiazole rings is 1. The number of carbonyl (C=O) groups excluding carboxylic acids is 2. The molecule has 18 heavy (non-hydrogen) atoms. The third kappa shape index (κ3) is 4.10. The van der Waals surface area contributed by atoms with Crippen LogP contribution in [0.4, 0.5) is 5.13 Å². The SMILES string of the molecule is Cc1csc(NC(=O)C(C)NC(=O)C(C)(C)C)n1. The lowest BCUT2D eigenvalue weighted by Crippen LogP contribution is -2.46. The topological polar surface area (TPSA) is 71.1 Å². The first-order valence-corrected chi connectivity index (χ1v) is 6.62. The van der Waals surface area contributed by atoms with Crippen molar-refractivity contribution in [2.45, 2.75) is 40.7 Å². The minimum Gasteiger partial charge on any atom is -0.344 e. The van der Waals surface area contributed by atoms with Gasteiger partial charge in [0.25, 0.3) is 0 Å². The number of aromatic nitrogens is 1. The Kier molecular flexibility index (Phi) is 4.45. The first-order chi connectivity index (χ1) is 8.20. The molecule has 1 rings (SSSR count). The van der Waals surface area contributed by atoms with Gasteiger partial charge in [0.15, 0.2) is 5.13 Å². The number of anilines is 1. The fraction of sp³-hybridized carbons (Fsp3) is 0.583. The third-order valence-electron chi connectivity index (χ3n) is 2.27. The molecule has 1 unspecified atom stereocenters. The van der Waals surface area contributed by atoms with Gasteiger partial charge in [0.2, 0.25) is 11.8 Å². The number of aryl methyl sites for hydroxylation is 1. The number of hydrogen-bond acceptors (Lipinski definition) is 4. The van der Waals surface area contributed by atoms with Crippen molar-refractivity contribution in [3.63, 3.8) is 0 Å². The number of rotatable bonds is 3. The van der Waals surface area contributed by atoms with E-state index >= 15 is 0 Å². The van der Waals surface area contributed by atoms with Gasteiger partial charge in [-0.25, -0.2) is 4.98 Å². The van der Waals surface area contributed by atoms with E-state index in [1.54, 1.807) is 27.7 Å². The first-order valence-electron chi connectivity index (χ1n) is 5.74. The minimum absolute atomic E-state index is 0.152. The van der Waals surface area contributed by atoms with Crippen molar-refractivity contribution in [1.82, 2.24) is 10.3 Å². The van der Waals surface area contributed by atoms with Crippen LogP contribution in [0.2, 0.25) is 0 Å². The molecular formula is C12H19N3O2S. The molecule has 0 bridgehead atoms. The third-order valence-corrected chi connectivity index (χ3v) is 3.15. The van der Waals surface area contributed by atoms with E-state index in [0.717, 1.165) is 5.69 Å². The van der Waals surface area contributed by atoms with Crippen molar-refractivity contribution in [1.29, 1.82) is 0 Å². The van der Waals surface area contributed by atoms with Gasteiger partial charge in [0.05, 0.1) is 5.69 Å². The molecule has 0 spiro atoms. The number of amides is 2. The Labute approximate surface area is 111 Å². The average molecular weight is 269 g/mol. The van der Waals surface area contributed by atoms with Crippen LogP contribution >= 0.6 is 11.3 Å². The van der Waals surface area contributed by atoms with Crippen LogP contribution in [0.1, 0.15) is 33.4 Å². The molecule has 100 valence electrons. The van der Waals surface area contributed by atoms with Crippen LogP contribution in [0, 0.1) is 12.3 Å². The van der Waals surface area contributed by atoms with Crippen LogP contribution in [-0.4, -0.2) is 22.8 Å². The van der Waals surface area contributed by atoms with E-state index in [9.17, 15) is 9.59 Å². The van der Waals surface area contributed by atoms with E-state index in [2.05, 4.69) is 15.6 Å². The summed E-state index contributed by atoms with van der Waals surface area (Å²) in [6.07, 6.45) is 0. The lowest BCUT2D eigenvalue weighted by Gasteiger charge is -2.21. The molecule has 0 aliphatic heterocycles. The maximum absolute atomic E-state index is 11.8. The molecule has 0 fully saturated rings. The lowest BCUT2D eigenvalue weighted by atomic mass is 9.95. The highest BCUT2D eigenvalue weighted by atomic mass is 32.1. The monoisotopic (exact) mass is 269 g/mol. The van der Waals surface area contributed by atoms with Crippen LogP contribution in [-0.2, 0) is 9.59 Å². The van der Waals surface area contributed by atoms with Crippen LogP contribution in [0.3, 0.4) is 0 Å².